The van der Waals surface area contributed by atoms with Crippen LogP contribution in [0.15, 0.2) is 102 Å². The van der Waals surface area contributed by atoms with Crippen molar-refractivity contribution in [1.82, 2.24) is 10.2 Å². The summed E-state index contributed by atoms with van der Waals surface area (Å²) in [6.07, 6.45) is 0.219. The van der Waals surface area contributed by atoms with E-state index in [2.05, 4.69) is 5.32 Å². The lowest BCUT2D eigenvalue weighted by atomic mass is 10.0. The van der Waals surface area contributed by atoms with E-state index in [1.807, 2.05) is 57.2 Å². The summed E-state index contributed by atoms with van der Waals surface area (Å²) in [6, 6.07) is 26.6. The van der Waals surface area contributed by atoms with Crippen LogP contribution in [0.1, 0.15) is 36.1 Å². The van der Waals surface area contributed by atoms with Gasteiger partial charge in [0.2, 0.25) is 11.8 Å². The standard InChI is InChI=1S/C35H37Cl2N3O4S/c1-24(2)38-35(42)33(21-27-9-6-5-7-10-27)39(22-28-11-8-12-29(36)20-28)34(41)23-40(32-18-15-30(37)19-26(32)4)45(43,44)31-16-13-25(3)14-17-31/h5-20,24,33H,21-23H2,1-4H3,(H,38,42)/t33-/m1/s1. The van der Waals surface area contributed by atoms with Crippen molar-refractivity contribution in [3.8, 4) is 0 Å². The third-order valence-electron chi connectivity index (χ3n) is 7.26. The summed E-state index contributed by atoms with van der Waals surface area (Å²) >= 11 is 12.5. The number of hydrogen-bond donors (Lipinski definition) is 1. The van der Waals surface area contributed by atoms with Crippen LogP contribution in [-0.2, 0) is 32.6 Å². The molecule has 0 saturated carbocycles. The second-order valence-electron chi connectivity index (χ2n) is 11.3. The highest BCUT2D eigenvalue weighted by molar-refractivity contribution is 7.92. The molecule has 1 N–H and O–H groups in total. The first kappa shape index (κ1) is 34.0. The zero-order valence-electron chi connectivity index (χ0n) is 25.7. The molecule has 7 nitrogen and oxygen atoms in total. The number of aryl methyl sites for hydroxylation is 2. The van der Waals surface area contributed by atoms with Gasteiger partial charge in [-0.15, -0.1) is 0 Å². The first-order valence-corrected chi connectivity index (χ1v) is 16.8. The smallest absolute Gasteiger partial charge is 0.264 e. The second kappa shape index (κ2) is 15.0. The molecule has 45 heavy (non-hydrogen) atoms. The monoisotopic (exact) mass is 665 g/mol. The number of nitrogens with one attached hydrogen (secondary N) is 1. The number of carbonyl (C=O) groups is 2. The molecule has 0 aliphatic heterocycles. The van der Waals surface area contributed by atoms with E-state index < -0.39 is 28.5 Å². The number of sulfonamides is 1. The molecule has 0 spiro atoms. The Morgan fingerprint density at radius 1 is 0.800 bits per heavy atom. The van der Waals surface area contributed by atoms with Crippen molar-refractivity contribution in [2.24, 2.45) is 0 Å². The Kier molecular flexibility index (Phi) is 11.3. The molecule has 0 aromatic heterocycles. The van der Waals surface area contributed by atoms with Gasteiger partial charge in [0.15, 0.2) is 0 Å². The van der Waals surface area contributed by atoms with Crippen molar-refractivity contribution in [3.05, 3.63) is 129 Å². The Labute approximate surface area is 275 Å². The number of benzene rings is 4. The Bertz CT molecular complexity index is 1750. The average molecular weight is 667 g/mol. The second-order valence-corrected chi connectivity index (χ2v) is 14.0. The van der Waals surface area contributed by atoms with E-state index in [9.17, 15) is 18.0 Å². The van der Waals surface area contributed by atoms with Gasteiger partial charge in [0.1, 0.15) is 12.6 Å². The van der Waals surface area contributed by atoms with Crippen LogP contribution in [0, 0.1) is 13.8 Å². The molecule has 0 aliphatic carbocycles. The lowest BCUT2D eigenvalue weighted by molar-refractivity contribution is -0.140. The fraction of sp³-hybridized carbons (Fsp3) is 0.257. The van der Waals surface area contributed by atoms with Crippen LogP contribution >= 0.6 is 23.2 Å². The molecule has 0 unspecified atom stereocenters. The first-order valence-electron chi connectivity index (χ1n) is 14.6. The predicted molar refractivity (Wildman–Crippen MR) is 181 cm³/mol. The predicted octanol–water partition coefficient (Wildman–Crippen LogP) is 6.97. The van der Waals surface area contributed by atoms with Crippen LogP contribution in [0.3, 0.4) is 0 Å². The summed E-state index contributed by atoms with van der Waals surface area (Å²) in [5.74, 6) is -0.903. The first-order chi connectivity index (χ1) is 21.3. The van der Waals surface area contributed by atoms with E-state index in [1.54, 1.807) is 55.5 Å². The number of amides is 2. The average Bonchev–Trinajstić information content (AvgIpc) is 2.98. The summed E-state index contributed by atoms with van der Waals surface area (Å²) < 4.78 is 29.5. The Hall–Kier alpha value is -3.85. The SMILES string of the molecule is Cc1ccc(S(=O)(=O)N(CC(=O)N(Cc2cccc(Cl)c2)[C@H](Cc2ccccc2)C(=O)NC(C)C)c2ccc(Cl)cc2C)cc1. The molecule has 0 fully saturated rings. The van der Waals surface area contributed by atoms with Gasteiger partial charge in [-0.2, -0.15) is 0 Å². The van der Waals surface area contributed by atoms with Crippen molar-refractivity contribution >= 4 is 50.7 Å². The van der Waals surface area contributed by atoms with Crippen LogP contribution in [0.25, 0.3) is 0 Å². The third-order valence-corrected chi connectivity index (χ3v) is 9.50. The highest BCUT2D eigenvalue weighted by Crippen LogP contribution is 2.30. The molecule has 0 bridgehead atoms. The molecule has 0 saturated heterocycles. The minimum Gasteiger partial charge on any atom is -0.352 e. The van der Waals surface area contributed by atoms with Gasteiger partial charge in [-0.05, 0) is 86.8 Å². The molecule has 4 rings (SSSR count). The molecule has 4 aromatic carbocycles. The number of hydrogen-bond acceptors (Lipinski definition) is 4. The van der Waals surface area contributed by atoms with Crippen molar-refractivity contribution in [2.75, 3.05) is 10.8 Å². The molecule has 236 valence electrons. The maximum absolute atomic E-state index is 14.5. The Morgan fingerprint density at radius 3 is 2.07 bits per heavy atom. The highest BCUT2D eigenvalue weighted by atomic mass is 35.5. The number of halogens is 2. The van der Waals surface area contributed by atoms with Gasteiger partial charge in [-0.1, -0.05) is 83.4 Å². The number of anilines is 1. The van der Waals surface area contributed by atoms with Crippen LogP contribution in [0.2, 0.25) is 10.0 Å². The van der Waals surface area contributed by atoms with Gasteiger partial charge in [-0.3, -0.25) is 13.9 Å². The van der Waals surface area contributed by atoms with Crippen LogP contribution < -0.4 is 9.62 Å². The zero-order valence-corrected chi connectivity index (χ0v) is 28.0. The molecule has 4 aromatic rings. The molecule has 0 radical (unpaired) electrons. The molecule has 2 amide bonds. The summed E-state index contributed by atoms with van der Waals surface area (Å²) in [7, 11) is -4.22. The van der Waals surface area contributed by atoms with E-state index in [0.717, 1.165) is 15.4 Å². The van der Waals surface area contributed by atoms with Gasteiger partial charge in [0.05, 0.1) is 10.6 Å². The number of nitrogens with zero attached hydrogens (tertiary/aromatic N) is 2. The van der Waals surface area contributed by atoms with Gasteiger partial charge in [0, 0.05) is 29.1 Å². The normalized spacial score (nSPS) is 12.1. The number of carbonyl (C=O) groups excluding carboxylic acids is 2. The fourth-order valence-corrected chi connectivity index (χ4v) is 6.93. The van der Waals surface area contributed by atoms with Crippen LogP contribution in [0.5, 0.6) is 0 Å². The van der Waals surface area contributed by atoms with Gasteiger partial charge in [0.25, 0.3) is 10.0 Å². The summed E-state index contributed by atoms with van der Waals surface area (Å²) in [5, 5.41) is 3.87. The minimum atomic E-state index is -4.22. The van der Waals surface area contributed by atoms with Crippen molar-refractivity contribution in [1.29, 1.82) is 0 Å². The summed E-state index contributed by atoms with van der Waals surface area (Å²) in [6.45, 7) is 6.77. The summed E-state index contributed by atoms with van der Waals surface area (Å²) in [5.41, 5.74) is 3.32. The maximum Gasteiger partial charge on any atom is 0.264 e. The molecule has 0 heterocycles. The van der Waals surface area contributed by atoms with Gasteiger partial charge in [-0.25, -0.2) is 8.42 Å². The van der Waals surface area contributed by atoms with Gasteiger partial charge >= 0.3 is 0 Å². The summed E-state index contributed by atoms with van der Waals surface area (Å²) in [4.78, 5) is 29.8. The van der Waals surface area contributed by atoms with E-state index in [0.29, 0.717) is 26.9 Å². The van der Waals surface area contributed by atoms with Gasteiger partial charge < -0.3 is 10.2 Å². The maximum atomic E-state index is 14.5. The fourth-order valence-electron chi connectivity index (χ4n) is 5.02. The van der Waals surface area contributed by atoms with Crippen molar-refractivity contribution in [2.45, 2.75) is 57.6 Å². The van der Waals surface area contributed by atoms with Crippen molar-refractivity contribution < 1.29 is 18.0 Å². The minimum absolute atomic E-state index is 0.0282. The zero-order chi connectivity index (χ0) is 32.7. The number of rotatable bonds is 12. The van der Waals surface area contributed by atoms with Crippen molar-refractivity contribution in [3.63, 3.8) is 0 Å². The Balaban J connectivity index is 1.83. The quantitative estimate of drug-likeness (QED) is 0.177. The van der Waals surface area contributed by atoms with E-state index >= 15 is 0 Å². The molecule has 0 aliphatic rings. The molecular formula is C35H37Cl2N3O4S. The van der Waals surface area contributed by atoms with Crippen LogP contribution in [0.4, 0.5) is 5.69 Å². The lowest BCUT2D eigenvalue weighted by Gasteiger charge is -2.34. The topological polar surface area (TPSA) is 86.8 Å². The molecule has 10 heteroatoms. The highest BCUT2D eigenvalue weighted by Gasteiger charge is 2.35. The van der Waals surface area contributed by atoms with E-state index in [-0.39, 0.29) is 29.8 Å². The van der Waals surface area contributed by atoms with E-state index in [1.165, 1.54) is 17.0 Å². The third kappa shape index (κ3) is 8.87. The largest absolute Gasteiger partial charge is 0.352 e. The lowest BCUT2D eigenvalue weighted by Crippen LogP contribution is -2.54. The molecular weight excluding hydrogens is 629 g/mol. The van der Waals surface area contributed by atoms with E-state index in [4.69, 9.17) is 23.2 Å². The Morgan fingerprint density at radius 2 is 1.44 bits per heavy atom. The van der Waals surface area contributed by atoms with Crippen LogP contribution in [-0.4, -0.2) is 43.8 Å². The molecule has 1 atom stereocenters.